The topological polar surface area (TPSA) is 111 Å². The number of carboxylic acid groups (broad SMARTS) is 1. The van der Waals surface area contributed by atoms with Crippen molar-refractivity contribution in [1.82, 2.24) is 4.57 Å². The van der Waals surface area contributed by atoms with Gasteiger partial charge in [-0.25, -0.2) is 4.79 Å². The molecule has 0 saturated heterocycles. The lowest BCUT2D eigenvalue weighted by Crippen LogP contribution is -2.30. The zero-order valence-electron chi connectivity index (χ0n) is 13.9. The summed E-state index contributed by atoms with van der Waals surface area (Å²) in [6, 6.07) is 16.8. The number of carbonyl (C=O) groups excluding carboxylic acids is 1. The van der Waals surface area contributed by atoms with Gasteiger partial charge in [0.25, 0.3) is 0 Å². The zero-order valence-corrected chi connectivity index (χ0v) is 13.9. The fourth-order valence-electron chi connectivity index (χ4n) is 2.36. The average molecular weight is 379 g/mol. The van der Waals surface area contributed by atoms with Gasteiger partial charge in [-0.2, -0.15) is 13.2 Å². The maximum absolute atomic E-state index is 11.4. The molecule has 0 radical (unpaired) electrons. The molecule has 1 heterocycles. The molecule has 5 N–H and O–H groups in total. The number of hydrogen-bond acceptors (Lipinski definition) is 3. The van der Waals surface area contributed by atoms with E-state index in [0.29, 0.717) is 17.9 Å². The molecule has 1 aromatic heterocycles. The van der Waals surface area contributed by atoms with Crippen LogP contribution in [-0.2, 0) is 11.3 Å². The highest BCUT2D eigenvalue weighted by Gasteiger charge is 2.35. The van der Waals surface area contributed by atoms with Crippen molar-refractivity contribution in [3.05, 3.63) is 65.9 Å². The minimum atomic E-state index is -4.86. The minimum Gasteiger partial charge on any atom is -0.477 e. The molecule has 0 atom stereocenters. The molecule has 0 spiro atoms. The third kappa shape index (κ3) is 5.00. The maximum atomic E-state index is 11.4. The number of hydrogen-bond donors (Lipinski definition) is 3. The van der Waals surface area contributed by atoms with Gasteiger partial charge in [-0.3, -0.25) is 4.79 Å². The predicted molar refractivity (Wildman–Crippen MR) is 94.1 cm³/mol. The number of nitrogen functional groups attached to an aromatic ring is 1. The summed E-state index contributed by atoms with van der Waals surface area (Å²) in [6.07, 6.45) is -4.86. The number of fused-ring (bicyclic) bond motifs is 1. The number of aromatic carboxylic acids is 1. The molecule has 0 fully saturated rings. The quantitative estimate of drug-likeness (QED) is 0.608. The summed E-state index contributed by atoms with van der Waals surface area (Å²) in [4.78, 5) is 20.5. The number of carboxylic acids is 1. The summed E-state index contributed by atoms with van der Waals surface area (Å²) in [5.41, 5.74) is 12.4. The summed E-state index contributed by atoms with van der Waals surface area (Å²) >= 11 is 0. The molecule has 0 bridgehead atoms. The van der Waals surface area contributed by atoms with Crippen molar-refractivity contribution < 1.29 is 27.9 Å². The Bertz CT molecular complexity index is 963. The van der Waals surface area contributed by atoms with Crippen molar-refractivity contribution in [1.29, 1.82) is 0 Å². The Morgan fingerprint density at radius 2 is 1.59 bits per heavy atom. The van der Waals surface area contributed by atoms with Gasteiger partial charge in [0.1, 0.15) is 5.69 Å². The Morgan fingerprint density at radius 3 is 2.11 bits per heavy atom. The predicted octanol–water partition coefficient (Wildman–Crippen LogP) is 3.00. The number of carbonyl (C=O) groups is 2. The monoisotopic (exact) mass is 379 g/mol. The van der Waals surface area contributed by atoms with Crippen LogP contribution in [0.1, 0.15) is 16.1 Å². The number of nitrogens with two attached hydrogens (primary N) is 2. The number of halogens is 3. The highest BCUT2D eigenvalue weighted by molar-refractivity contribution is 5.94. The van der Waals surface area contributed by atoms with Crippen LogP contribution >= 0.6 is 0 Å². The number of para-hydroxylation sites is 1. The van der Waals surface area contributed by atoms with Crippen molar-refractivity contribution >= 4 is 28.5 Å². The van der Waals surface area contributed by atoms with Crippen molar-refractivity contribution in [2.45, 2.75) is 12.7 Å². The van der Waals surface area contributed by atoms with Crippen LogP contribution in [0.25, 0.3) is 10.9 Å². The molecule has 142 valence electrons. The van der Waals surface area contributed by atoms with Crippen LogP contribution in [0, 0.1) is 0 Å². The van der Waals surface area contributed by atoms with E-state index in [1.807, 2.05) is 53.1 Å². The Labute approximate surface area is 151 Å². The Morgan fingerprint density at radius 1 is 1.04 bits per heavy atom. The summed E-state index contributed by atoms with van der Waals surface area (Å²) in [5.74, 6) is -3.18. The molecule has 9 heteroatoms. The SMILES string of the molecule is NC(=O)C(F)(F)F.Nc1ccc(Cn2c(C(=O)O)cc3ccccc32)cc1. The average Bonchev–Trinajstić information content (AvgIpc) is 2.96. The van der Waals surface area contributed by atoms with E-state index < -0.39 is 18.1 Å². The molecular formula is C18H16F3N3O3. The van der Waals surface area contributed by atoms with Crippen molar-refractivity contribution in [2.24, 2.45) is 5.73 Å². The van der Waals surface area contributed by atoms with Gasteiger partial charge < -0.3 is 21.1 Å². The fourth-order valence-corrected chi connectivity index (χ4v) is 2.36. The molecular weight excluding hydrogens is 363 g/mol. The smallest absolute Gasteiger partial charge is 0.470 e. The highest BCUT2D eigenvalue weighted by atomic mass is 19.4. The van der Waals surface area contributed by atoms with Gasteiger partial charge in [0.05, 0.1) is 0 Å². The highest BCUT2D eigenvalue weighted by Crippen LogP contribution is 2.21. The molecule has 3 rings (SSSR count). The maximum Gasteiger partial charge on any atom is 0.470 e. The van der Waals surface area contributed by atoms with Crippen LogP contribution in [0.3, 0.4) is 0 Å². The number of nitrogens with zero attached hydrogens (tertiary/aromatic N) is 1. The number of alkyl halides is 3. The largest absolute Gasteiger partial charge is 0.477 e. The van der Waals surface area contributed by atoms with Gasteiger partial charge >= 0.3 is 18.1 Å². The summed E-state index contributed by atoms with van der Waals surface area (Å²) < 4.78 is 33.9. The molecule has 2 aromatic carbocycles. The second-order valence-electron chi connectivity index (χ2n) is 5.58. The Kier molecular flexibility index (Phi) is 5.74. The first-order chi connectivity index (χ1) is 12.6. The molecule has 0 saturated carbocycles. The molecule has 0 aliphatic heterocycles. The molecule has 27 heavy (non-hydrogen) atoms. The number of rotatable bonds is 3. The van der Waals surface area contributed by atoms with Gasteiger partial charge in [0.2, 0.25) is 0 Å². The van der Waals surface area contributed by atoms with Gasteiger partial charge in [-0.05, 0) is 29.8 Å². The molecule has 0 unspecified atom stereocenters. The first-order valence-electron chi connectivity index (χ1n) is 7.62. The van der Waals surface area contributed by atoms with Crippen molar-refractivity contribution in [3.63, 3.8) is 0 Å². The van der Waals surface area contributed by atoms with Crippen LogP contribution in [-0.4, -0.2) is 27.7 Å². The van der Waals surface area contributed by atoms with E-state index in [0.717, 1.165) is 16.5 Å². The van der Waals surface area contributed by atoms with E-state index in [2.05, 4.69) is 5.73 Å². The van der Waals surface area contributed by atoms with Crippen LogP contribution in [0.2, 0.25) is 0 Å². The van der Waals surface area contributed by atoms with Crippen LogP contribution in [0.5, 0.6) is 0 Å². The van der Waals surface area contributed by atoms with Gasteiger partial charge in [-0.1, -0.05) is 30.3 Å². The molecule has 6 nitrogen and oxygen atoms in total. The Hall–Kier alpha value is -3.49. The van der Waals surface area contributed by atoms with E-state index in [-0.39, 0.29) is 0 Å². The first kappa shape index (κ1) is 19.8. The van der Waals surface area contributed by atoms with Crippen molar-refractivity contribution in [2.75, 3.05) is 5.73 Å². The first-order valence-corrected chi connectivity index (χ1v) is 7.62. The summed E-state index contributed by atoms with van der Waals surface area (Å²) in [6.45, 7) is 0.509. The Balaban J connectivity index is 0.000000321. The van der Waals surface area contributed by atoms with Crippen molar-refractivity contribution in [3.8, 4) is 0 Å². The fraction of sp³-hybridized carbons (Fsp3) is 0.111. The summed E-state index contributed by atoms with van der Waals surface area (Å²) in [7, 11) is 0. The van der Waals surface area contributed by atoms with Crippen LogP contribution in [0.4, 0.5) is 18.9 Å². The number of amides is 1. The normalized spacial score (nSPS) is 10.9. The molecule has 0 aliphatic carbocycles. The second-order valence-corrected chi connectivity index (χ2v) is 5.58. The van der Waals surface area contributed by atoms with E-state index >= 15 is 0 Å². The van der Waals surface area contributed by atoms with Gasteiger partial charge in [0, 0.05) is 23.1 Å². The van der Waals surface area contributed by atoms with Crippen LogP contribution in [0.15, 0.2) is 54.6 Å². The second kappa shape index (κ2) is 7.81. The lowest BCUT2D eigenvalue weighted by Gasteiger charge is -2.09. The third-order valence-electron chi connectivity index (χ3n) is 3.63. The van der Waals surface area contributed by atoms with Gasteiger partial charge in [-0.15, -0.1) is 0 Å². The lowest BCUT2D eigenvalue weighted by atomic mass is 10.2. The van der Waals surface area contributed by atoms with E-state index in [1.165, 1.54) is 0 Å². The van der Waals surface area contributed by atoms with Gasteiger partial charge in [0.15, 0.2) is 0 Å². The van der Waals surface area contributed by atoms with E-state index in [9.17, 15) is 23.1 Å². The molecule has 1 amide bonds. The third-order valence-corrected chi connectivity index (χ3v) is 3.63. The summed E-state index contributed by atoms with van der Waals surface area (Å²) in [5, 5.41) is 10.3. The molecule has 3 aromatic rings. The van der Waals surface area contributed by atoms with E-state index in [1.54, 1.807) is 6.07 Å². The standard InChI is InChI=1S/C16H14N2O2.C2H2F3NO/c17-13-7-5-11(6-8-13)10-18-14-4-2-1-3-12(14)9-15(18)16(19)20;3-2(4,5)1(6)7/h1-9H,10,17H2,(H,19,20);(H2,6,7). The van der Waals surface area contributed by atoms with E-state index in [4.69, 9.17) is 10.5 Å². The number of anilines is 1. The zero-order chi connectivity index (χ0) is 20.2. The number of aromatic nitrogens is 1. The number of primary amides is 1. The lowest BCUT2D eigenvalue weighted by molar-refractivity contribution is -0.169. The number of benzene rings is 2. The molecule has 0 aliphatic rings. The minimum absolute atomic E-state index is 0.294. The van der Waals surface area contributed by atoms with Crippen LogP contribution < -0.4 is 11.5 Å².